The molecule has 0 aliphatic heterocycles. The first-order chi connectivity index (χ1) is 7.96. The largest absolute Gasteiger partial charge is 0.645 e. The molecule has 0 rings (SSSR count). The van der Waals surface area contributed by atoms with Crippen LogP contribution in [0.15, 0.2) is 16.8 Å². The van der Waals surface area contributed by atoms with Crippen LogP contribution in [0, 0.1) is 11.8 Å². The molecule has 0 spiro atoms. The Morgan fingerprint density at radius 1 is 1.12 bits per heavy atom. The molecule has 0 saturated heterocycles. The van der Waals surface area contributed by atoms with E-state index in [4.69, 9.17) is 3.79 Å². The zero-order chi connectivity index (χ0) is 13.4. The molecule has 0 atom stereocenters. The Bertz CT molecular complexity index is 265. The number of rotatable bonds is 7. The van der Waals surface area contributed by atoms with Gasteiger partial charge in [-0.25, -0.2) is 0 Å². The molecule has 17 heavy (non-hydrogen) atoms. The lowest BCUT2D eigenvalue weighted by Crippen LogP contribution is -2.18. The quantitative estimate of drug-likeness (QED) is 0.376. The molecule has 0 aromatic rings. The second-order valence-corrected chi connectivity index (χ2v) is 8.17. The Labute approximate surface area is 112 Å². The highest BCUT2D eigenvalue weighted by Gasteiger charge is 2.20. The summed E-state index contributed by atoms with van der Waals surface area (Å²) in [6, 6.07) is 0. The third-order valence-corrected chi connectivity index (χ3v) is 5.35. The van der Waals surface area contributed by atoms with Crippen LogP contribution < -0.4 is 0 Å². The van der Waals surface area contributed by atoms with Gasteiger partial charge >= 0.3 is 14.5 Å². The summed E-state index contributed by atoms with van der Waals surface area (Å²) in [5, 5.41) is 2.39. The fraction of sp³-hybridized carbons (Fsp3) is 0.786. The fourth-order valence-electron chi connectivity index (χ4n) is 1.62. The normalized spacial score (nSPS) is 13.5. The van der Waals surface area contributed by atoms with Crippen LogP contribution in [0.5, 0.6) is 0 Å². The zero-order valence-electron chi connectivity index (χ0n) is 12.6. The maximum Gasteiger partial charge on any atom is 0.546 e. The summed E-state index contributed by atoms with van der Waals surface area (Å²) < 4.78 is 6.21. The number of hydrogen-bond donors (Lipinski definition) is 0. The highest BCUT2D eigenvalue weighted by molar-refractivity contribution is 6.51. The van der Waals surface area contributed by atoms with E-state index in [1.54, 1.807) is 0 Å². The highest BCUT2D eigenvalue weighted by atomic mass is 27.2. The molecule has 98 valence electrons. The van der Waals surface area contributed by atoms with E-state index in [1.807, 2.05) is 7.05 Å². The number of aliphatic imine (C=N–C) groups is 1. The average Bonchev–Trinajstić information content (AvgIpc) is 2.28. The smallest absolute Gasteiger partial charge is 0.546 e. The van der Waals surface area contributed by atoms with Crippen LogP contribution in [0.4, 0.5) is 0 Å². The monoisotopic (exact) mass is 253 g/mol. The van der Waals surface area contributed by atoms with E-state index in [1.165, 1.54) is 10.6 Å². The lowest BCUT2D eigenvalue weighted by atomic mass is 10.0. The van der Waals surface area contributed by atoms with Crippen molar-refractivity contribution in [3.63, 3.8) is 0 Å². The molecule has 0 aliphatic carbocycles. The molecule has 0 bridgehead atoms. The second kappa shape index (κ2) is 8.78. The third kappa shape index (κ3) is 6.29. The van der Waals surface area contributed by atoms with Crippen LogP contribution in [-0.4, -0.2) is 27.2 Å². The van der Waals surface area contributed by atoms with Crippen molar-refractivity contribution in [1.29, 1.82) is 0 Å². The Kier molecular flexibility index (Phi) is 8.65. The van der Waals surface area contributed by atoms with Crippen LogP contribution in [0.3, 0.4) is 0 Å². The van der Waals surface area contributed by atoms with Gasteiger partial charge in [0.25, 0.3) is 0 Å². The summed E-state index contributed by atoms with van der Waals surface area (Å²) in [5.74, 6) is 2.03. The molecule has 0 saturated carbocycles. The topological polar surface area (TPSA) is 21.6 Å². The molecule has 2 nitrogen and oxygen atoms in total. The van der Waals surface area contributed by atoms with Gasteiger partial charge < -0.3 is 3.79 Å². The molecule has 0 unspecified atom stereocenters. The highest BCUT2D eigenvalue weighted by Crippen LogP contribution is 2.17. The van der Waals surface area contributed by atoms with Gasteiger partial charge in [0.2, 0.25) is 0 Å². The van der Waals surface area contributed by atoms with E-state index in [2.05, 4.69) is 52.6 Å². The maximum atomic E-state index is 6.21. The van der Waals surface area contributed by atoms with Crippen molar-refractivity contribution in [2.24, 2.45) is 16.8 Å². The van der Waals surface area contributed by atoms with E-state index in [0.717, 1.165) is 11.5 Å². The van der Waals surface area contributed by atoms with E-state index < -0.39 is 14.5 Å². The van der Waals surface area contributed by atoms with Crippen molar-refractivity contribution in [2.75, 3.05) is 7.05 Å². The fourth-order valence-corrected chi connectivity index (χ4v) is 3.26. The van der Waals surface area contributed by atoms with Gasteiger partial charge in [0, 0.05) is 18.7 Å². The first kappa shape index (κ1) is 16.7. The van der Waals surface area contributed by atoms with Crippen LogP contribution in [0.25, 0.3) is 0 Å². The minimum absolute atomic E-state index is 0.443. The van der Waals surface area contributed by atoms with E-state index in [-0.39, 0.29) is 0 Å². The number of hydrogen-bond acceptors (Lipinski definition) is 2. The summed E-state index contributed by atoms with van der Waals surface area (Å²) in [6.07, 6.45) is 2.15. The molecular weight excluding hydrogens is 225 g/mol. The van der Waals surface area contributed by atoms with Crippen molar-refractivity contribution in [3.8, 4) is 0 Å². The molecule has 0 N–H and O–H groups in total. The summed E-state index contributed by atoms with van der Waals surface area (Å²) in [7, 11) is 1.86. The lowest BCUT2D eigenvalue weighted by molar-refractivity contribution is 0.372. The molecule has 0 heterocycles. The molecule has 0 fully saturated rings. The first-order valence-electron chi connectivity index (χ1n) is 6.81. The van der Waals surface area contributed by atoms with Gasteiger partial charge in [-0.1, -0.05) is 52.1 Å². The van der Waals surface area contributed by atoms with Gasteiger partial charge in [-0.05, 0) is 12.0 Å². The number of nitrogens with zero attached hydrogens (tertiary/aromatic N) is 1. The Balaban J connectivity index is 4.90. The molecular formula is C14H28AlNO. The maximum absolute atomic E-state index is 6.21. The minimum atomic E-state index is -1.03. The molecule has 0 amide bonds. The summed E-state index contributed by atoms with van der Waals surface area (Å²) >= 11 is -1.03. The number of allylic oxidation sites excluding steroid dienone is 2. The second-order valence-electron chi connectivity index (χ2n) is 5.06. The average molecular weight is 253 g/mol. The molecule has 3 heteroatoms. The minimum Gasteiger partial charge on any atom is -0.645 e. The van der Waals surface area contributed by atoms with Gasteiger partial charge in [-0.3, -0.25) is 4.99 Å². The SMILES string of the molecule is C[CH2][Al]([CH2]C)[O]/C(=C\C(=NC)C(C)C)C(C)C. The van der Waals surface area contributed by atoms with Crippen molar-refractivity contribution in [3.05, 3.63) is 11.8 Å². The van der Waals surface area contributed by atoms with Crippen molar-refractivity contribution in [1.82, 2.24) is 0 Å². The van der Waals surface area contributed by atoms with Gasteiger partial charge in [-0.15, -0.1) is 0 Å². The molecule has 0 radical (unpaired) electrons. The molecule has 0 aromatic carbocycles. The first-order valence-corrected chi connectivity index (χ1v) is 8.91. The predicted molar refractivity (Wildman–Crippen MR) is 78.9 cm³/mol. The van der Waals surface area contributed by atoms with Crippen molar-refractivity contribution in [2.45, 2.75) is 52.1 Å². The van der Waals surface area contributed by atoms with Crippen LogP contribution in [-0.2, 0) is 3.79 Å². The lowest BCUT2D eigenvalue weighted by Gasteiger charge is -2.20. The molecule has 0 aliphatic rings. The van der Waals surface area contributed by atoms with Gasteiger partial charge in [0.1, 0.15) is 0 Å². The van der Waals surface area contributed by atoms with Crippen molar-refractivity contribution < 1.29 is 3.79 Å². The van der Waals surface area contributed by atoms with Gasteiger partial charge in [0.15, 0.2) is 0 Å². The van der Waals surface area contributed by atoms with Crippen LogP contribution >= 0.6 is 0 Å². The van der Waals surface area contributed by atoms with Gasteiger partial charge in [0.05, 0.1) is 5.76 Å². The van der Waals surface area contributed by atoms with Gasteiger partial charge in [-0.2, -0.15) is 0 Å². The zero-order valence-corrected chi connectivity index (χ0v) is 13.7. The van der Waals surface area contributed by atoms with E-state index >= 15 is 0 Å². The third-order valence-electron chi connectivity index (χ3n) is 2.92. The predicted octanol–water partition coefficient (Wildman–Crippen LogP) is 4.30. The van der Waals surface area contributed by atoms with E-state index in [0.29, 0.717) is 11.8 Å². The Morgan fingerprint density at radius 3 is 1.94 bits per heavy atom. The van der Waals surface area contributed by atoms with E-state index in [9.17, 15) is 0 Å². The van der Waals surface area contributed by atoms with Crippen LogP contribution in [0.2, 0.25) is 10.6 Å². The Morgan fingerprint density at radius 2 is 1.65 bits per heavy atom. The standard InChI is InChI=1S/C10H19NO.2C2H5.Al/c1-7(2)9(11-5)6-10(12)8(3)4;2*1-2;/h6-8,12H,1-5H3;2*1H2,2H3;/q;;;+1/p-1/b10-6-,11-9?;;;. The summed E-state index contributed by atoms with van der Waals surface area (Å²) in [4.78, 5) is 4.34. The van der Waals surface area contributed by atoms with Crippen LogP contribution in [0.1, 0.15) is 41.5 Å². The molecule has 0 aromatic heterocycles. The summed E-state index contributed by atoms with van der Waals surface area (Å²) in [6.45, 7) is 13.2. The van der Waals surface area contributed by atoms with Crippen molar-refractivity contribution >= 4 is 20.2 Å². The summed E-state index contributed by atoms with van der Waals surface area (Å²) in [5.41, 5.74) is 1.13. The Hall–Kier alpha value is -0.258.